The summed E-state index contributed by atoms with van der Waals surface area (Å²) in [5.74, 6) is 0.661. The maximum absolute atomic E-state index is 13.0. The normalized spacial score (nSPS) is 13.3. The number of benzene rings is 1. The summed E-state index contributed by atoms with van der Waals surface area (Å²) >= 11 is 1.70. The highest BCUT2D eigenvalue weighted by molar-refractivity contribution is 7.99. The van der Waals surface area contributed by atoms with E-state index in [1.54, 1.807) is 23.9 Å². The molecule has 2 aromatic rings. The van der Waals surface area contributed by atoms with Gasteiger partial charge in [-0.2, -0.15) is 0 Å². The molecule has 1 aromatic heterocycles. The average Bonchev–Trinajstić information content (AvgIpc) is 2.98. The van der Waals surface area contributed by atoms with Gasteiger partial charge in [0.2, 0.25) is 5.91 Å². The molecule has 1 amide bonds. The van der Waals surface area contributed by atoms with E-state index in [0.29, 0.717) is 6.54 Å². The molecule has 2 heterocycles. The Hall–Kier alpha value is -1.82. The first-order valence-corrected chi connectivity index (χ1v) is 7.36. The van der Waals surface area contributed by atoms with E-state index in [2.05, 4.69) is 14.9 Å². The lowest BCUT2D eigenvalue weighted by atomic mass is 10.1. The van der Waals surface area contributed by atoms with Crippen molar-refractivity contribution >= 4 is 17.7 Å². The van der Waals surface area contributed by atoms with Crippen molar-refractivity contribution in [3.05, 3.63) is 35.8 Å². The van der Waals surface area contributed by atoms with Gasteiger partial charge in [0, 0.05) is 24.8 Å². The number of carbonyl (C=O) groups excluding carboxylic acids is 1. The van der Waals surface area contributed by atoms with Crippen LogP contribution in [0.1, 0.15) is 12.6 Å². The van der Waals surface area contributed by atoms with Crippen LogP contribution in [0.5, 0.6) is 0 Å². The van der Waals surface area contributed by atoms with Crippen LogP contribution in [0.25, 0.3) is 11.3 Å². The molecule has 1 N–H and O–H groups in total. The van der Waals surface area contributed by atoms with Crippen LogP contribution in [0.4, 0.5) is 4.39 Å². The monoisotopic (exact) mass is 291 g/mol. The number of hydrogen-bond acceptors (Lipinski definition) is 3. The molecule has 0 spiro atoms. The highest BCUT2D eigenvalue weighted by atomic mass is 32.2. The number of thioether (sulfide) groups is 1. The summed E-state index contributed by atoms with van der Waals surface area (Å²) in [4.78, 5) is 15.8. The summed E-state index contributed by atoms with van der Waals surface area (Å²) in [6, 6.07) is 6.29. The first-order valence-electron chi connectivity index (χ1n) is 6.38. The molecule has 0 aliphatic carbocycles. The van der Waals surface area contributed by atoms with E-state index < -0.39 is 0 Å². The Kier molecular flexibility index (Phi) is 3.48. The molecule has 1 aromatic carbocycles. The van der Waals surface area contributed by atoms with Crippen LogP contribution in [0.3, 0.4) is 0 Å². The van der Waals surface area contributed by atoms with Gasteiger partial charge in [-0.25, -0.2) is 9.37 Å². The summed E-state index contributed by atoms with van der Waals surface area (Å²) in [6.45, 7) is 2.83. The molecular formula is C14H14FN3OS. The molecule has 20 heavy (non-hydrogen) atoms. The molecule has 4 nitrogen and oxygen atoms in total. The molecule has 1 aliphatic rings. The smallest absolute Gasteiger partial charge is 0.217 e. The average molecular weight is 291 g/mol. The van der Waals surface area contributed by atoms with Crippen molar-refractivity contribution in [1.29, 1.82) is 0 Å². The number of amides is 1. The predicted molar refractivity (Wildman–Crippen MR) is 75.9 cm³/mol. The predicted octanol–water partition coefficient (Wildman–Crippen LogP) is 2.43. The van der Waals surface area contributed by atoms with Gasteiger partial charge in [0.05, 0.1) is 17.9 Å². The SMILES string of the molecule is CC(=O)NCc1c(-c2ccc(F)cc2)nc2n1CCS2. The van der Waals surface area contributed by atoms with Crippen LogP contribution in [0.2, 0.25) is 0 Å². The van der Waals surface area contributed by atoms with Gasteiger partial charge >= 0.3 is 0 Å². The number of aromatic nitrogens is 2. The van der Waals surface area contributed by atoms with Gasteiger partial charge in [0.25, 0.3) is 0 Å². The van der Waals surface area contributed by atoms with E-state index in [1.165, 1.54) is 19.1 Å². The molecule has 3 rings (SSSR count). The van der Waals surface area contributed by atoms with Crippen molar-refractivity contribution in [3.63, 3.8) is 0 Å². The number of rotatable bonds is 3. The Morgan fingerprint density at radius 3 is 2.90 bits per heavy atom. The third-order valence-electron chi connectivity index (χ3n) is 3.21. The Bertz CT molecular complexity index is 651. The molecule has 0 unspecified atom stereocenters. The van der Waals surface area contributed by atoms with Crippen molar-refractivity contribution in [1.82, 2.24) is 14.9 Å². The van der Waals surface area contributed by atoms with E-state index in [0.717, 1.165) is 34.4 Å². The first kappa shape index (κ1) is 13.2. The van der Waals surface area contributed by atoms with Crippen LogP contribution in [-0.4, -0.2) is 21.2 Å². The number of nitrogens with zero attached hydrogens (tertiary/aromatic N) is 2. The molecular weight excluding hydrogens is 277 g/mol. The summed E-state index contributed by atoms with van der Waals surface area (Å²) in [5, 5.41) is 3.78. The number of fused-ring (bicyclic) bond motifs is 1. The molecule has 0 fully saturated rings. The first-order chi connectivity index (χ1) is 9.65. The van der Waals surface area contributed by atoms with Gasteiger partial charge in [-0.1, -0.05) is 11.8 Å². The second-order valence-electron chi connectivity index (χ2n) is 4.61. The quantitative estimate of drug-likeness (QED) is 0.945. The van der Waals surface area contributed by atoms with E-state index in [-0.39, 0.29) is 11.7 Å². The number of imidazole rings is 1. The third kappa shape index (κ3) is 2.43. The van der Waals surface area contributed by atoms with Crippen LogP contribution in [0, 0.1) is 5.82 Å². The summed E-state index contributed by atoms with van der Waals surface area (Å²) in [7, 11) is 0. The number of hydrogen-bond donors (Lipinski definition) is 1. The largest absolute Gasteiger partial charge is 0.351 e. The van der Waals surface area contributed by atoms with E-state index in [4.69, 9.17) is 0 Å². The van der Waals surface area contributed by atoms with Crippen molar-refractivity contribution in [2.45, 2.75) is 25.2 Å². The Labute approximate surface area is 120 Å². The Morgan fingerprint density at radius 2 is 2.20 bits per heavy atom. The molecule has 1 aliphatic heterocycles. The van der Waals surface area contributed by atoms with E-state index in [9.17, 15) is 9.18 Å². The minimum Gasteiger partial charge on any atom is -0.351 e. The maximum atomic E-state index is 13.0. The minimum atomic E-state index is -0.265. The lowest BCUT2D eigenvalue weighted by Crippen LogP contribution is -2.21. The van der Waals surface area contributed by atoms with E-state index >= 15 is 0 Å². The standard InChI is InChI=1S/C14H14FN3OS/c1-9(19)16-8-12-13(10-2-4-11(15)5-3-10)17-14-18(12)6-7-20-14/h2-5H,6-8H2,1H3,(H,16,19). The molecule has 0 saturated heterocycles. The zero-order valence-electron chi connectivity index (χ0n) is 11.0. The zero-order chi connectivity index (χ0) is 14.1. The number of carbonyl (C=O) groups is 1. The van der Waals surface area contributed by atoms with Crippen molar-refractivity contribution in [2.24, 2.45) is 0 Å². The summed E-state index contributed by atoms with van der Waals surface area (Å²) < 4.78 is 15.2. The third-order valence-corrected chi connectivity index (χ3v) is 4.16. The maximum Gasteiger partial charge on any atom is 0.217 e. The van der Waals surface area contributed by atoms with Gasteiger partial charge in [-0.05, 0) is 24.3 Å². The van der Waals surface area contributed by atoms with Crippen LogP contribution in [-0.2, 0) is 17.9 Å². The van der Waals surface area contributed by atoms with Crippen LogP contribution in [0.15, 0.2) is 29.4 Å². The molecule has 0 radical (unpaired) electrons. The lowest BCUT2D eigenvalue weighted by Gasteiger charge is -2.08. The van der Waals surface area contributed by atoms with E-state index in [1.807, 2.05) is 0 Å². The van der Waals surface area contributed by atoms with Gasteiger partial charge in [0.15, 0.2) is 5.16 Å². The van der Waals surface area contributed by atoms with Crippen molar-refractivity contribution < 1.29 is 9.18 Å². The zero-order valence-corrected chi connectivity index (χ0v) is 11.8. The van der Waals surface area contributed by atoms with Gasteiger partial charge in [-0.3, -0.25) is 4.79 Å². The molecule has 104 valence electrons. The second-order valence-corrected chi connectivity index (χ2v) is 5.67. The Morgan fingerprint density at radius 1 is 1.45 bits per heavy atom. The molecule has 0 saturated carbocycles. The van der Waals surface area contributed by atoms with Crippen LogP contribution >= 0.6 is 11.8 Å². The van der Waals surface area contributed by atoms with Crippen molar-refractivity contribution in [3.8, 4) is 11.3 Å². The fourth-order valence-corrected chi connectivity index (χ4v) is 3.23. The fourth-order valence-electron chi connectivity index (χ4n) is 2.26. The summed E-state index contributed by atoms with van der Waals surface area (Å²) in [5.41, 5.74) is 2.67. The summed E-state index contributed by atoms with van der Waals surface area (Å²) in [6.07, 6.45) is 0. The van der Waals surface area contributed by atoms with Crippen molar-refractivity contribution in [2.75, 3.05) is 5.75 Å². The minimum absolute atomic E-state index is 0.0729. The van der Waals surface area contributed by atoms with Crippen LogP contribution < -0.4 is 5.32 Å². The molecule has 0 bridgehead atoms. The highest BCUT2D eigenvalue weighted by Crippen LogP contribution is 2.33. The topological polar surface area (TPSA) is 46.9 Å². The number of halogens is 1. The van der Waals surface area contributed by atoms with Gasteiger partial charge < -0.3 is 9.88 Å². The number of nitrogens with one attached hydrogen (secondary N) is 1. The molecule has 0 atom stereocenters. The molecule has 6 heteroatoms. The second kappa shape index (κ2) is 5.28. The highest BCUT2D eigenvalue weighted by Gasteiger charge is 2.22. The van der Waals surface area contributed by atoms with Gasteiger partial charge in [0.1, 0.15) is 5.82 Å². The fraction of sp³-hybridized carbons (Fsp3) is 0.286. The van der Waals surface area contributed by atoms with Gasteiger partial charge in [-0.15, -0.1) is 0 Å². The lowest BCUT2D eigenvalue weighted by molar-refractivity contribution is -0.119. The Balaban J connectivity index is 2.01.